The smallest absolute Gasteiger partial charge is 0.242 e. The molecular weight excluding hydrogens is 242 g/mol. The number of nitrogens with zero attached hydrogens (tertiary/aromatic N) is 1. The number of likely N-dealkylation sites (N-methyl/N-ethyl adjacent to an activating group) is 1. The summed E-state index contributed by atoms with van der Waals surface area (Å²) in [6.07, 6.45) is 0. The van der Waals surface area contributed by atoms with Crippen molar-refractivity contribution >= 4 is 17.4 Å². The number of piperazine rings is 1. The van der Waals surface area contributed by atoms with E-state index in [-0.39, 0.29) is 17.7 Å². The van der Waals surface area contributed by atoms with E-state index in [4.69, 9.17) is 0 Å². The van der Waals surface area contributed by atoms with Crippen molar-refractivity contribution in [3.8, 4) is 0 Å². The van der Waals surface area contributed by atoms with Crippen LogP contribution in [0.15, 0.2) is 24.3 Å². The Kier molecular flexibility index (Phi) is 4.29. The Morgan fingerprint density at radius 1 is 1.42 bits per heavy atom. The van der Waals surface area contributed by atoms with Crippen molar-refractivity contribution in [2.75, 3.05) is 32.0 Å². The number of anilines is 1. The van der Waals surface area contributed by atoms with E-state index in [2.05, 4.69) is 15.5 Å². The molecule has 1 atom stereocenters. The number of hydrogen-bond acceptors (Lipinski definition) is 4. The maximum atomic E-state index is 12.1. The predicted octanol–water partition coefficient (Wildman–Crippen LogP) is 0.731. The summed E-state index contributed by atoms with van der Waals surface area (Å²) < 4.78 is 0. The van der Waals surface area contributed by atoms with Crippen LogP contribution in [0.25, 0.3) is 0 Å². The minimum Gasteiger partial charge on any atom is -0.325 e. The molecule has 0 radical (unpaired) electrons. The van der Waals surface area contributed by atoms with Crippen molar-refractivity contribution in [3.05, 3.63) is 29.8 Å². The molecule has 1 aromatic carbocycles. The van der Waals surface area contributed by atoms with E-state index in [1.807, 2.05) is 7.05 Å². The van der Waals surface area contributed by atoms with E-state index in [0.29, 0.717) is 17.8 Å². The summed E-state index contributed by atoms with van der Waals surface area (Å²) >= 11 is 0. The fraction of sp³-hybridized carbons (Fsp3) is 0.429. The summed E-state index contributed by atoms with van der Waals surface area (Å²) in [4.78, 5) is 25.5. The fourth-order valence-electron chi connectivity index (χ4n) is 2.12. The zero-order chi connectivity index (χ0) is 13.8. The van der Waals surface area contributed by atoms with Gasteiger partial charge < -0.3 is 15.5 Å². The SMILES string of the molecule is CC(=O)c1cccc(NC(=O)C2CN(C)CCN2)c1. The molecule has 19 heavy (non-hydrogen) atoms. The van der Waals surface area contributed by atoms with E-state index in [1.165, 1.54) is 6.92 Å². The maximum Gasteiger partial charge on any atom is 0.242 e. The molecule has 2 N–H and O–H groups in total. The van der Waals surface area contributed by atoms with Gasteiger partial charge in [-0.2, -0.15) is 0 Å². The van der Waals surface area contributed by atoms with E-state index in [0.717, 1.165) is 13.1 Å². The highest BCUT2D eigenvalue weighted by Crippen LogP contribution is 2.12. The summed E-state index contributed by atoms with van der Waals surface area (Å²) in [5.41, 5.74) is 1.26. The highest BCUT2D eigenvalue weighted by atomic mass is 16.2. The Bertz CT molecular complexity index is 487. The van der Waals surface area contributed by atoms with Gasteiger partial charge in [-0.1, -0.05) is 12.1 Å². The van der Waals surface area contributed by atoms with Crippen LogP contribution >= 0.6 is 0 Å². The summed E-state index contributed by atoms with van der Waals surface area (Å²) in [6.45, 7) is 3.96. The van der Waals surface area contributed by atoms with Crippen molar-refractivity contribution in [3.63, 3.8) is 0 Å². The van der Waals surface area contributed by atoms with Gasteiger partial charge in [0.05, 0.1) is 6.04 Å². The first-order valence-corrected chi connectivity index (χ1v) is 6.40. The molecule has 5 nitrogen and oxygen atoms in total. The molecule has 5 heteroatoms. The Hall–Kier alpha value is -1.72. The predicted molar refractivity (Wildman–Crippen MR) is 74.4 cm³/mol. The number of amides is 1. The monoisotopic (exact) mass is 261 g/mol. The van der Waals surface area contributed by atoms with Crippen molar-refractivity contribution in [1.29, 1.82) is 0 Å². The van der Waals surface area contributed by atoms with E-state index < -0.39 is 0 Å². The molecule has 0 spiro atoms. The molecule has 1 unspecified atom stereocenters. The summed E-state index contributed by atoms with van der Waals surface area (Å²) in [7, 11) is 2.00. The third kappa shape index (κ3) is 3.62. The van der Waals surface area contributed by atoms with Gasteiger partial charge in [-0.3, -0.25) is 9.59 Å². The number of benzene rings is 1. The molecule has 1 aliphatic heterocycles. The molecule has 1 amide bonds. The van der Waals surface area contributed by atoms with Gasteiger partial charge in [0, 0.05) is 30.9 Å². The van der Waals surface area contributed by atoms with Crippen molar-refractivity contribution in [2.45, 2.75) is 13.0 Å². The second kappa shape index (κ2) is 5.95. The average Bonchev–Trinajstić information content (AvgIpc) is 2.39. The summed E-state index contributed by atoms with van der Waals surface area (Å²) in [5, 5.41) is 6.03. The minimum absolute atomic E-state index is 0.00776. The summed E-state index contributed by atoms with van der Waals surface area (Å²) in [6, 6.07) is 6.79. The van der Waals surface area contributed by atoms with Gasteiger partial charge >= 0.3 is 0 Å². The largest absolute Gasteiger partial charge is 0.325 e. The van der Waals surface area contributed by atoms with Gasteiger partial charge in [0.25, 0.3) is 0 Å². The Labute approximate surface area is 113 Å². The van der Waals surface area contributed by atoms with E-state index in [9.17, 15) is 9.59 Å². The lowest BCUT2D eigenvalue weighted by Gasteiger charge is -2.29. The molecule has 1 heterocycles. The Morgan fingerprint density at radius 2 is 2.21 bits per heavy atom. The minimum atomic E-state index is -0.209. The van der Waals surface area contributed by atoms with Crippen LogP contribution in [0, 0.1) is 0 Å². The van der Waals surface area contributed by atoms with Crippen LogP contribution in [-0.4, -0.2) is 49.3 Å². The molecule has 0 bridgehead atoms. The standard InChI is InChI=1S/C14H19N3O2/c1-10(18)11-4-3-5-12(8-11)16-14(19)13-9-17(2)7-6-15-13/h3-5,8,13,15H,6-7,9H2,1-2H3,(H,16,19). The Morgan fingerprint density at radius 3 is 2.89 bits per heavy atom. The van der Waals surface area contributed by atoms with Crippen LogP contribution in [0.3, 0.4) is 0 Å². The van der Waals surface area contributed by atoms with Crippen molar-refractivity contribution in [2.24, 2.45) is 0 Å². The number of carbonyl (C=O) groups is 2. The van der Waals surface area contributed by atoms with Gasteiger partial charge in [0.1, 0.15) is 0 Å². The lowest BCUT2D eigenvalue weighted by Crippen LogP contribution is -2.54. The lowest BCUT2D eigenvalue weighted by molar-refractivity contribution is -0.119. The van der Waals surface area contributed by atoms with Crippen LogP contribution in [0.1, 0.15) is 17.3 Å². The number of rotatable bonds is 3. The normalized spacial score (nSPS) is 20.0. The van der Waals surface area contributed by atoms with Crippen molar-refractivity contribution < 1.29 is 9.59 Å². The average molecular weight is 261 g/mol. The molecule has 0 aromatic heterocycles. The molecule has 2 rings (SSSR count). The van der Waals surface area contributed by atoms with Gasteiger partial charge in [-0.15, -0.1) is 0 Å². The number of carbonyl (C=O) groups excluding carboxylic acids is 2. The van der Waals surface area contributed by atoms with Gasteiger partial charge in [-0.05, 0) is 26.1 Å². The van der Waals surface area contributed by atoms with Gasteiger partial charge in [0.15, 0.2) is 5.78 Å². The van der Waals surface area contributed by atoms with E-state index in [1.54, 1.807) is 24.3 Å². The zero-order valence-corrected chi connectivity index (χ0v) is 11.3. The van der Waals surface area contributed by atoms with Crippen LogP contribution in [0.5, 0.6) is 0 Å². The van der Waals surface area contributed by atoms with Crippen LogP contribution < -0.4 is 10.6 Å². The molecule has 0 aliphatic carbocycles. The third-order valence-electron chi connectivity index (χ3n) is 3.23. The fourth-order valence-corrected chi connectivity index (χ4v) is 2.12. The number of nitrogens with one attached hydrogen (secondary N) is 2. The first-order chi connectivity index (χ1) is 9.06. The highest BCUT2D eigenvalue weighted by molar-refractivity contribution is 5.98. The lowest BCUT2D eigenvalue weighted by atomic mass is 10.1. The van der Waals surface area contributed by atoms with Crippen molar-refractivity contribution in [1.82, 2.24) is 10.2 Å². The molecular formula is C14H19N3O2. The highest BCUT2D eigenvalue weighted by Gasteiger charge is 2.23. The van der Waals surface area contributed by atoms with Crippen LogP contribution in [0.4, 0.5) is 5.69 Å². The van der Waals surface area contributed by atoms with Gasteiger partial charge in [-0.25, -0.2) is 0 Å². The second-order valence-electron chi connectivity index (χ2n) is 4.90. The third-order valence-corrected chi connectivity index (χ3v) is 3.23. The Balaban J connectivity index is 2.02. The molecule has 102 valence electrons. The second-order valence-corrected chi connectivity index (χ2v) is 4.90. The van der Waals surface area contributed by atoms with E-state index >= 15 is 0 Å². The number of ketones is 1. The zero-order valence-electron chi connectivity index (χ0n) is 11.3. The molecule has 0 saturated carbocycles. The number of hydrogen-bond donors (Lipinski definition) is 2. The maximum absolute atomic E-state index is 12.1. The topological polar surface area (TPSA) is 61.4 Å². The van der Waals surface area contributed by atoms with Crippen LogP contribution in [-0.2, 0) is 4.79 Å². The molecule has 1 fully saturated rings. The van der Waals surface area contributed by atoms with Crippen LogP contribution in [0.2, 0.25) is 0 Å². The number of Topliss-reactive ketones (excluding diaryl/α,β-unsaturated/α-hetero) is 1. The summed E-state index contributed by atoms with van der Waals surface area (Å²) in [5.74, 6) is -0.0705. The first kappa shape index (κ1) is 13.7. The molecule has 1 aromatic rings. The van der Waals surface area contributed by atoms with Gasteiger partial charge in [0.2, 0.25) is 5.91 Å². The molecule has 1 aliphatic rings. The first-order valence-electron chi connectivity index (χ1n) is 6.40. The quantitative estimate of drug-likeness (QED) is 0.788. The molecule has 1 saturated heterocycles.